The van der Waals surface area contributed by atoms with Crippen LogP contribution in [0.15, 0.2) is 0 Å². The second-order valence-electron chi connectivity index (χ2n) is 0.474. The van der Waals surface area contributed by atoms with Crippen LogP contribution in [-0.2, 0) is 0 Å². The third-order valence-electron chi connectivity index (χ3n) is 0.112. The molecule has 0 aliphatic rings. The summed E-state index contributed by atoms with van der Waals surface area (Å²) in [6.45, 7) is 0.319. The van der Waals surface area contributed by atoms with Gasteiger partial charge < -0.3 is 0 Å². The Morgan fingerprint density at radius 3 is 2.00 bits per heavy atom. The van der Waals surface area contributed by atoms with Gasteiger partial charge in [0.25, 0.3) is 0 Å². The van der Waals surface area contributed by atoms with Gasteiger partial charge in [-0.15, -0.1) is 0 Å². The first kappa shape index (κ1) is 4.50. The van der Waals surface area contributed by atoms with Gasteiger partial charge in [0, 0.05) is 0 Å². The molecule has 23 valence electrons. The summed E-state index contributed by atoms with van der Waals surface area (Å²) >= 11 is 1.93. The summed E-state index contributed by atoms with van der Waals surface area (Å²) in [4.78, 5) is 0. The van der Waals surface area contributed by atoms with Gasteiger partial charge in [-0.25, -0.2) is 0 Å². The molecule has 0 atom stereocenters. The third kappa shape index (κ3) is 2.50. The van der Waals surface area contributed by atoms with E-state index in [4.69, 9.17) is 5.11 Å². The number of hydrogen-bond acceptors (Lipinski definition) is 1. The van der Waals surface area contributed by atoms with Crippen LogP contribution in [-0.4, -0.2) is 28.2 Å². The fourth-order valence-electron chi connectivity index (χ4n) is 0. The van der Waals surface area contributed by atoms with Crippen molar-refractivity contribution >= 4 is 16.5 Å². The van der Waals surface area contributed by atoms with Gasteiger partial charge >= 0.3 is 33.5 Å². The van der Waals surface area contributed by atoms with Gasteiger partial charge in [-0.1, -0.05) is 0 Å². The first-order valence-electron chi connectivity index (χ1n) is 1.17. The van der Waals surface area contributed by atoms with Crippen LogP contribution in [0.25, 0.3) is 0 Å². The van der Waals surface area contributed by atoms with Gasteiger partial charge in [0.2, 0.25) is 0 Å². The average molecular weight is 118 g/mol. The zero-order valence-corrected chi connectivity index (χ0v) is 4.46. The van der Waals surface area contributed by atoms with Crippen molar-refractivity contribution in [2.45, 2.75) is 5.25 Å². The molecule has 0 aromatic carbocycles. The Labute approximate surface area is 34.2 Å². The predicted octanol–water partition coefficient (Wildman–Crippen LogP) is -0.435. The first-order chi connectivity index (χ1) is 1.91. The van der Waals surface area contributed by atoms with Crippen molar-refractivity contribution in [3.8, 4) is 0 Å². The minimum atomic E-state index is 0.319. The van der Waals surface area contributed by atoms with Crippen molar-refractivity contribution in [1.82, 2.24) is 0 Å². The second kappa shape index (κ2) is 3.50. The topological polar surface area (TPSA) is 20.2 Å². The SMILES string of the molecule is OC[CH2][Ge]. The van der Waals surface area contributed by atoms with Crippen LogP contribution in [0.1, 0.15) is 0 Å². The van der Waals surface area contributed by atoms with Crippen molar-refractivity contribution < 1.29 is 5.11 Å². The van der Waals surface area contributed by atoms with Gasteiger partial charge in [0.1, 0.15) is 0 Å². The van der Waals surface area contributed by atoms with E-state index in [1.54, 1.807) is 0 Å². The molecule has 0 aliphatic carbocycles. The number of hydrogen-bond donors (Lipinski definition) is 1. The fourth-order valence-corrected chi connectivity index (χ4v) is 0. The molecule has 0 saturated carbocycles. The zero-order valence-electron chi connectivity index (χ0n) is 2.36. The van der Waals surface area contributed by atoms with Gasteiger partial charge in [0.05, 0.1) is 0 Å². The molecule has 0 fully saturated rings. The van der Waals surface area contributed by atoms with Crippen LogP contribution >= 0.6 is 0 Å². The van der Waals surface area contributed by atoms with E-state index in [2.05, 4.69) is 0 Å². The van der Waals surface area contributed by atoms with Crippen molar-refractivity contribution in [1.29, 1.82) is 0 Å². The minimum absolute atomic E-state index is 0.319. The molecule has 0 aromatic rings. The first-order valence-corrected chi connectivity index (χ1v) is 2.65. The van der Waals surface area contributed by atoms with E-state index in [0.717, 1.165) is 5.25 Å². The third-order valence-corrected chi connectivity index (χ3v) is 0.581. The molecule has 0 amide bonds. The summed E-state index contributed by atoms with van der Waals surface area (Å²) in [6, 6.07) is 0. The van der Waals surface area contributed by atoms with Crippen molar-refractivity contribution in [3.05, 3.63) is 0 Å². The summed E-state index contributed by atoms with van der Waals surface area (Å²) in [6.07, 6.45) is 0. The summed E-state index contributed by atoms with van der Waals surface area (Å²) in [5, 5.41) is 8.75. The van der Waals surface area contributed by atoms with Gasteiger partial charge in [-0.05, 0) is 0 Å². The fraction of sp³-hybridized carbons (Fsp3) is 1.00. The summed E-state index contributed by atoms with van der Waals surface area (Å²) < 4.78 is 0. The van der Waals surface area contributed by atoms with Crippen molar-refractivity contribution in [2.75, 3.05) is 6.61 Å². The van der Waals surface area contributed by atoms with E-state index in [1.165, 1.54) is 0 Å². The molecular formula is C2H5GeO. The van der Waals surface area contributed by atoms with Gasteiger partial charge in [0.15, 0.2) is 0 Å². The quantitative estimate of drug-likeness (QED) is 0.462. The predicted molar refractivity (Wildman–Crippen MR) is 17.6 cm³/mol. The van der Waals surface area contributed by atoms with E-state index >= 15 is 0 Å². The number of rotatable bonds is 1. The van der Waals surface area contributed by atoms with Gasteiger partial charge in [-0.3, -0.25) is 0 Å². The monoisotopic (exact) mass is 119 g/mol. The maximum atomic E-state index is 7.88. The Morgan fingerprint density at radius 1 is 1.75 bits per heavy atom. The Kier molecular flexibility index (Phi) is 3.94. The molecule has 0 aliphatic heterocycles. The van der Waals surface area contributed by atoms with Crippen LogP contribution in [0.5, 0.6) is 0 Å². The molecular weight excluding hydrogens is 113 g/mol. The maximum absolute atomic E-state index is 7.88. The Balaban J connectivity index is 1.97. The van der Waals surface area contributed by atoms with Crippen LogP contribution in [0.4, 0.5) is 0 Å². The molecule has 0 aromatic heterocycles. The molecule has 4 heavy (non-hydrogen) atoms. The Bertz CT molecular complexity index is 8.00. The second-order valence-corrected chi connectivity index (χ2v) is 1.52. The molecule has 1 nitrogen and oxygen atoms in total. The van der Waals surface area contributed by atoms with Crippen molar-refractivity contribution in [3.63, 3.8) is 0 Å². The summed E-state index contributed by atoms with van der Waals surface area (Å²) in [7, 11) is 0. The molecule has 0 saturated heterocycles. The standard InChI is InChI=1S/C2H5GeO/c3-1-2-4/h4H,1-2H2. The van der Waals surface area contributed by atoms with Crippen molar-refractivity contribution in [2.24, 2.45) is 0 Å². The number of aliphatic hydroxyl groups excluding tert-OH is 1. The van der Waals surface area contributed by atoms with Crippen LogP contribution in [0.2, 0.25) is 5.25 Å². The normalized spacial score (nSPS) is 7.50. The molecule has 2 heteroatoms. The van der Waals surface area contributed by atoms with E-state index in [1.807, 2.05) is 16.5 Å². The van der Waals surface area contributed by atoms with Crippen LogP contribution in [0.3, 0.4) is 0 Å². The zero-order chi connectivity index (χ0) is 3.41. The molecule has 0 spiro atoms. The molecule has 1 N–H and O–H groups in total. The van der Waals surface area contributed by atoms with Gasteiger partial charge in [-0.2, -0.15) is 0 Å². The van der Waals surface area contributed by atoms with Crippen LogP contribution < -0.4 is 0 Å². The molecule has 0 rings (SSSR count). The van der Waals surface area contributed by atoms with E-state index < -0.39 is 0 Å². The molecule has 3 radical (unpaired) electrons. The van der Waals surface area contributed by atoms with E-state index in [-0.39, 0.29) is 0 Å². The summed E-state index contributed by atoms with van der Waals surface area (Å²) in [5.74, 6) is 0. The average Bonchev–Trinajstić information content (AvgIpc) is 1.37. The van der Waals surface area contributed by atoms with E-state index in [9.17, 15) is 0 Å². The number of aliphatic hydroxyl groups is 1. The van der Waals surface area contributed by atoms with E-state index in [0.29, 0.717) is 6.61 Å². The molecule has 0 unspecified atom stereocenters. The van der Waals surface area contributed by atoms with Crippen LogP contribution in [0, 0.1) is 0 Å². The molecule has 0 heterocycles. The molecule has 0 bridgehead atoms. The Morgan fingerprint density at radius 2 is 2.00 bits per heavy atom. The Hall–Kier alpha value is 0.503. The summed E-state index contributed by atoms with van der Waals surface area (Å²) in [5.41, 5.74) is 0.